The van der Waals surface area contributed by atoms with Crippen molar-refractivity contribution in [2.24, 2.45) is 0 Å². The molecule has 7 aromatic carbocycles. The third-order valence-electron chi connectivity index (χ3n) is 6.00. The molecule has 0 amide bonds. The molecule has 0 aliphatic heterocycles. The lowest BCUT2D eigenvalue weighted by atomic mass is 9.97. The third-order valence-corrected chi connectivity index (χ3v) is 6.00. The Morgan fingerprint density at radius 3 is 2.03 bits per heavy atom. The van der Waals surface area contributed by atoms with Gasteiger partial charge < -0.3 is 4.90 Å². The largest absolute Gasteiger partial charge is 0.310 e. The van der Waals surface area contributed by atoms with Gasteiger partial charge in [0.1, 0.15) is 0 Å². The molecule has 0 heterocycles. The predicted octanol–water partition coefficient (Wildman–Crippen LogP) is 10.8. The van der Waals surface area contributed by atoms with E-state index in [-0.39, 0.29) is 11.1 Å². The van der Waals surface area contributed by atoms with Crippen molar-refractivity contribution >= 4 is 38.6 Å². The Kier molecular flexibility index (Phi) is 2.61. The molecule has 1 nitrogen and oxygen atoms in total. The van der Waals surface area contributed by atoms with Crippen molar-refractivity contribution in [2.45, 2.75) is 0 Å². The number of benzene rings is 7. The monoisotopic (exact) mass is 517 g/mol. The molecule has 7 aromatic rings. The Labute approximate surface area is 257 Å². The molecule has 0 N–H and O–H groups in total. The molecule has 0 saturated carbocycles. The third kappa shape index (κ3) is 4.35. The first kappa shape index (κ1) is 10.2. The van der Waals surface area contributed by atoms with E-state index in [1.165, 1.54) is 0 Å². The standard InChI is InChI=1S/C38H27N/c1-2-11-28(12-3-1)29-23-25-33(26-24-29)39(38-22-10-16-31-14-5-7-20-37(31)38)34-18-8-17-32(27-34)36-21-9-15-30-13-4-6-19-35(30)36/h1-27H/i1D,2D,3D,5D,7D,8D,10D,11D,12D,14D,16D,17D,18D,20D,22D,23D,24D,25D,26D,27D. The average Bonchev–Trinajstić information content (AvgIpc) is 3.22. The molecule has 0 spiro atoms. The molecule has 0 aliphatic rings. The van der Waals surface area contributed by atoms with Gasteiger partial charge in [-0.1, -0.05) is 133 Å². The maximum Gasteiger partial charge on any atom is 0.0651 e. The Balaban J connectivity index is 1.75. The van der Waals surface area contributed by atoms with Crippen LogP contribution >= 0.6 is 0 Å². The van der Waals surface area contributed by atoms with Crippen molar-refractivity contribution in [1.82, 2.24) is 0 Å². The van der Waals surface area contributed by atoms with Crippen molar-refractivity contribution in [3.05, 3.63) is 163 Å². The van der Waals surface area contributed by atoms with Crippen molar-refractivity contribution in [1.29, 1.82) is 0 Å². The minimum Gasteiger partial charge on any atom is -0.310 e. The van der Waals surface area contributed by atoms with E-state index in [9.17, 15) is 6.85 Å². The molecule has 39 heavy (non-hydrogen) atoms. The van der Waals surface area contributed by atoms with Gasteiger partial charge in [-0.2, -0.15) is 0 Å². The normalized spacial score (nSPS) is 18.3. The lowest BCUT2D eigenvalue weighted by Crippen LogP contribution is -2.10. The molecule has 0 aliphatic carbocycles. The van der Waals surface area contributed by atoms with Gasteiger partial charge in [0, 0.05) is 16.8 Å². The summed E-state index contributed by atoms with van der Waals surface area (Å²) in [5.74, 6) is 0. The average molecular weight is 518 g/mol. The van der Waals surface area contributed by atoms with E-state index in [0.29, 0.717) is 15.7 Å². The van der Waals surface area contributed by atoms with Gasteiger partial charge in [0.2, 0.25) is 0 Å². The SMILES string of the molecule is [2H]c1c([2H])c([2H])c(-c2c([2H])c([2H])c(N(c3c([2H])c([2H])c([2H])c(-c4cccc5ccccc45)c3[2H])c3c([2H])c([2H])c([2H])c4c([2H])c([2H])c([2H])c([2H])c34)c([2H])c2[2H])c([2H])c1[2H]. The van der Waals surface area contributed by atoms with Gasteiger partial charge in [-0.05, 0) is 68.6 Å². The first-order valence-corrected chi connectivity index (χ1v) is 11.7. The van der Waals surface area contributed by atoms with Gasteiger partial charge in [-0.3, -0.25) is 0 Å². The lowest BCUT2D eigenvalue weighted by Gasteiger charge is -2.27. The molecular weight excluding hydrogens is 470 g/mol. The second-order valence-electron chi connectivity index (χ2n) is 8.28. The zero-order valence-corrected chi connectivity index (χ0v) is 20.0. The molecule has 0 bridgehead atoms. The first-order chi connectivity index (χ1) is 27.7. The van der Waals surface area contributed by atoms with Gasteiger partial charge in [0.05, 0.1) is 33.1 Å². The van der Waals surface area contributed by atoms with Crippen molar-refractivity contribution in [3.8, 4) is 22.3 Å². The van der Waals surface area contributed by atoms with Crippen LogP contribution < -0.4 is 4.90 Å². The number of anilines is 3. The molecule has 0 aromatic heterocycles. The van der Waals surface area contributed by atoms with Crippen molar-refractivity contribution in [3.63, 3.8) is 0 Å². The fourth-order valence-electron chi connectivity index (χ4n) is 4.24. The fraction of sp³-hybridized carbons (Fsp3) is 0. The van der Waals surface area contributed by atoms with Crippen molar-refractivity contribution < 1.29 is 27.4 Å². The van der Waals surface area contributed by atoms with Crippen LogP contribution in [0.3, 0.4) is 0 Å². The molecule has 0 fully saturated rings. The molecule has 184 valence electrons. The van der Waals surface area contributed by atoms with E-state index in [1.54, 1.807) is 42.5 Å². The van der Waals surface area contributed by atoms with E-state index in [4.69, 9.17) is 20.6 Å². The highest BCUT2D eigenvalue weighted by atomic mass is 15.1. The summed E-state index contributed by atoms with van der Waals surface area (Å²) in [6, 6.07) is -5.58. The quantitative estimate of drug-likeness (QED) is 0.219. The lowest BCUT2D eigenvalue weighted by molar-refractivity contribution is 1.30. The van der Waals surface area contributed by atoms with Crippen molar-refractivity contribution in [2.75, 3.05) is 4.90 Å². The maximum atomic E-state index is 9.68. The summed E-state index contributed by atoms with van der Waals surface area (Å²) in [6.07, 6.45) is 0. The van der Waals surface area contributed by atoms with Gasteiger partial charge in [0.25, 0.3) is 0 Å². The van der Waals surface area contributed by atoms with Crippen LogP contribution in [0.15, 0.2) is 163 Å². The molecule has 0 atom stereocenters. The Bertz CT molecular complexity index is 2940. The topological polar surface area (TPSA) is 3.24 Å². The van der Waals surface area contributed by atoms with E-state index in [1.807, 2.05) is 0 Å². The number of fused-ring (bicyclic) bond motifs is 2. The summed E-state index contributed by atoms with van der Waals surface area (Å²) in [5, 5.41) is -0.0717. The number of nitrogens with zero attached hydrogens (tertiary/aromatic N) is 1. The summed E-state index contributed by atoms with van der Waals surface area (Å²) in [4.78, 5) is 0.631. The van der Waals surface area contributed by atoms with E-state index >= 15 is 0 Å². The number of hydrogen-bond donors (Lipinski definition) is 0. The fourth-order valence-corrected chi connectivity index (χ4v) is 4.24. The molecular formula is C38H27N. The molecule has 0 saturated heterocycles. The summed E-state index contributed by atoms with van der Waals surface area (Å²) in [5.41, 5.74) is -3.89. The van der Waals surface area contributed by atoms with Crippen LogP contribution in [0.1, 0.15) is 27.4 Å². The zero-order chi connectivity index (χ0) is 43.4. The highest BCUT2D eigenvalue weighted by molar-refractivity contribution is 6.00. The van der Waals surface area contributed by atoms with Crippen LogP contribution in [-0.4, -0.2) is 0 Å². The van der Waals surface area contributed by atoms with Gasteiger partial charge in [-0.25, -0.2) is 0 Å². The molecule has 7 rings (SSSR count). The minimum absolute atomic E-state index is 0.226. The molecule has 0 radical (unpaired) electrons. The van der Waals surface area contributed by atoms with Gasteiger partial charge >= 0.3 is 0 Å². The predicted molar refractivity (Wildman–Crippen MR) is 167 cm³/mol. The van der Waals surface area contributed by atoms with Crippen LogP contribution in [-0.2, 0) is 0 Å². The van der Waals surface area contributed by atoms with Crippen LogP contribution in [0, 0.1) is 0 Å². The van der Waals surface area contributed by atoms with Gasteiger partial charge in [0.15, 0.2) is 0 Å². The smallest absolute Gasteiger partial charge is 0.0651 e. The highest BCUT2D eigenvalue weighted by Gasteiger charge is 2.16. The van der Waals surface area contributed by atoms with E-state index in [0.717, 1.165) is 0 Å². The second-order valence-corrected chi connectivity index (χ2v) is 8.28. The van der Waals surface area contributed by atoms with E-state index in [2.05, 4.69) is 0 Å². The number of rotatable bonds is 5. The number of hydrogen-bond acceptors (Lipinski definition) is 1. The molecule has 0 unspecified atom stereocenters. The summed E-state index contributed by atoms with van der Waals surface area (Å²) < 4.78 is 177. The van der Waals surface area contributed by atoms with Crippen LogP contribution in [0.25, 0.3) is 43.8 Å². The Hall–Kier alpha value is -5.14. The Morgan fingerprint density at radius 1 is 0.436 bits per heavy atom. The summed E-state index contributed by atoms with van der Waals surface area (Å²) >= 11 is 0. The first-order valence-electron chi connectivity index (χ1n) is 21.7. The second kappa shape index (κ2) is 9.96. The van der Waals surface area contributed by atoms with Crippen LogP contribution in [0.4, 0.5) is 17.1 Å². The molecule has 1 heteroatoms. The maximum absolute atomic E-state index is 9.68. The van der Waals surface area contributed by atoms with Crippen LogP contribution in [0.5, 0.6) is 0 Å². The summed E-state index contributed by atoms with van der Waals surface area (Å²) in [7, 11) is 0. The zero-order valence-electron chi connectivity index (χ0n) is 40.0. The van der Waals surface area contributed by atoms with E-state index < -0.39 is 160 Å². The van der Waals surface area contributed by atoms with Gasteiger partial charge in [-0.15, -0.1) is 0 Å². The Morgan fingerprint density at radius 2 is 1.13 bits per heavy atom. The minimum atomic E-state index is -1.05. The van der Waals surface area contributed by atoms with Crippen LogP contribution in [0.2, 0.25) is 0 Å². The highest BCUT2D eigenvalue weighted by Crippen LogP contribution is 2.41. The summed E-state index contributed by atoms with van der Waals surface area (Å²) in [6.45, 7) is 0.